The van der Waals surface area contributed by atoms with E-state index in [0.29, 0.717) is 49.6 Å². The van der Waals surface area contributed by atoms with Crippen molar-refractivity contribution in [2.45, 2.75) is 62.7 Å². The molecule has 0 radical (unpaired) electrons. The van der Waals surface area contributed by atoms with Crippen molar-refractivity contribution in [1.82, 2.24) is 34.5 Å². The van der Waals surface area contributed by atoms with Gasteiger partial charge < -0.3 is 20.3 Å². The number of amides is 1. The molecule has 3 atom stereocenters. The van der Waals surface area contributed by atoms with Crippen molar-refractivity contribution < 1.29 is 22.7 Å². The van der Waals surface area contributed by atoms with Crippen LogP contribution in [-0.4, -0.2) is 97.6 Å². The number of hydrogen-bond donors (Lipinski definition) is 1. The zero-order valence-corrected chi connectivity index (χ0v) is 30.2. The molecule has 4 fully saturated rings. The lowest BCUT2D eigenvalue weighted by Gasteiger charge is -2.40. The highest BCUT2D eigenvalue weighted by Crippen LogP contribution is 2.46. The van der Waals surface area contributed by atoms with Gasteiger partial charge in [-0.2, -0.15) is 15.2 Å². The van der Waals surface area contributed by atoms with Gasteiger partial charge in [0.2, 0.25) is 0 Å². The Kier molecular flexibility index (Phi) is 8.17. The van der Waals surface area contributed by atoms with E-state index < -0.39 is 23.3 Å². The third kappa shape index (κ3) is 5.54. The van der Waals surface area contributed by atoms with E-state index >= 15 is 4.39 Å². The van der Waals surface area contributed by atoms with Crippen LogP contribution < -0.4 is 15.4 Å². The molecule has 17 heteroatoms. The van der Waals surface area contributed by atoms with Gasteiger partial charge >= 0.3 is 12.0 Å². The number of rotatable bonds is 6. The van der Waals surface area contributed by atoms with Crippen LogP contribution in [0.5, 0.6) is 6.01 Å². The van der Waals surface area contributed by atoms with E-state index in [4.69, 9.17) is 27.1 Å². The summed E-state index contributed by atoms with van der Waals surface area (Å²) in [7, 11) is 0. The zero-order chi connectivity index (χ0) is 36.8. The van der Waals surface area contributed by atoms with Gasteiger partial charge in [0.05, 0.1) is 20.8 Å². The predicted octanol–water partition coefficient (Wildman–Crippen LogP) is 6.50. The number of alkyl halides is 1. The first-order valence-electron chi connectivity index (χ1n) is 17.7. The molecule has 1 amide bonds. The van der Waals surface area contributed by atoms with Crippen LogP contribution in [0.25, 0.3) is 32.1 Å². The first kappa shape index (κ1) is 34.1. The van der Waals surface area contributed by atoms with E-state index in [1.54, 1.807) is 11.0 Å². The van der Waals surface area contributed by atoms with Gasteiger partial charge in [0, 0.05) is 60.9 Å². The molecule has 2 aromatic carbocycles. The van der Waals surface area contributed by atoms with Crippen molar-refractivity contribution in [3.05, 3.63) is 52.6 Å². The van der Waals surface area contributed by atoms with Crippen molar-refractivity contribution in [3.63, 3.8) is 0 Å². The normalized spacial score (nSPS) is 23.2. The number of ether oxygens (including phenoxy) is 1. The summed E-state index contributed by atoms with van der Waals surface area (Å²) >= 11 is 7.80. The smallest absolute Gasteiger partial charge is 0.331 e. The largest absolute Gasteiger partial charge is 0.461 e. The fourth-order valence-corrected chi connectivity index (χ4v) is 9.70. The second-order valence-corrected chi connectivity index (χ2v) is 16.0. The number of nitriles is 1. The third-order valence-electron chi connectivity index (χ3n) is 11.2. The van der Waals surface area contributed by atoms with Gasteiger partial charge in [0.25, 0.3) is 0 Å². The minimum atomic E-state index is -0.968. The highest BCUT2D eigenvalue weighted by Gasteiger charge is 2.49. The molecule has 5 aromatic rings. The Hall–Kier alpha value is -4.72. The second kappa shape index (κ2) is 12.7. The monoisotopic (exact) mass is 762 g/mol. The summed E-state index contributed by atoms with van der Waals surface area (Å²) < 4.78 is 54.6. The minimum absolute atomic E-state index is 0.00223. The predicted molar refractivity (Wildman–Crippen MR) is 194 cm³/mol. The molecule has 1 aliphatic carbocycles. The van der Waals surface area contributed by atoms with Crippen LogP contribution in [0.1, 0.15) is 56.3 Å². The maximum atomic E-state index is 17.2. The summed E-state index contributed by atoms with van der Waals surface area (Å²) in [5, 5.41) is 18.7. The van der Waals surface area contributed by atoms with Gasteiger partial charge in [0.15, 0.2) is 5.82 Å². The molecule has 3 aromatic heterocycles. The molecular weight excluding hydrogens is 729 g/mol. The van der Waals surface area contributed by atoms with Crippen LogP contribution in [0.2, 0.25) is 5.02 Å². The van der Waals surface area contributed by atoms with Gasteiger partial charge in [-0.05, 0) is 56.8 Å². The number of nitrogens with zero attached hydrogens (tertiary/aromatic N) is 9. The molecule has 1 saturated carbocycles. The third-order valence-corrected chi connectivity index (χ3v) is 12.5. The van der Waals surface area contributed by atoms with Crippen molar-refractivity contribution in [2.75, 3.05) is 50.0 Å². The maximum absolute atomic E-state index is 17.2. The number of hydrogen-bond acceptors (Lipinski definition) is 11. The van der Waals surface area contributed by atoms with Crippen LogP contribution in [0, 0.1) is 23.0 Å². The number of aromatic nitrogens is 5. The van der Waals surface area contributed by atoms with Gasteiger partial charge in [-0.15, -0.1) is 21.5 Å². The fraction of sp³-hybridized carbons (Fsp3) is 0.444. The molecule has 2 N–H and O–H groups in total. The number of carbonyl (C=O) groups is 1. The lowest BCUT2D eigenvalue weighted by molar-refractivity contribution is 0.107. The molecule has 9 rings (SSSR count). The Bertz CT molecular complexity index is 2360. The second-order valence-electron chi connectivity index (χ2n) is 14.5. The first-order chi connectivity index (χ1) is 25.6. The Morgan fingerprint density at radius 3 is 2.81 bits per heavy atom. The summed E-state index contributed by atoms with van der Waals surface area (Å²) in [6, 6.07) is 5.58. The van der Waals surface area contributed by atoms with E-state index in [0.717, 1.165) is 43.6 Å². The number of halogens is 4. The van der Waals surface area contributed by atoms with Crippen LogP contribution in [0.15, 0.2) is 24.5 Å². The summed E-state index contributed by atoms with van der Waals surface area (Å²) in [5.74, 6) is -0.145. The molecule has 0 spiro atoms. The molecule has 1 unspecified atom stereocenters. The summed E-state index contributed by atoms with van der Waals surface area (Å²) in [6.07, 6.45) is 4.44. The van der Waals surface area contributed by atoms with Gasteiger partial charge in [0.1, 0.15) is 53.2 Å². The SMILES string of the molecule is CC1CN(c2nc(OC[C@@]34CCCN3C[C@H](F)C4)nc3c(F)c(-c4ccc(F)c5sc(N)c(C#N)c45)c(Cl)cc23)CCN1C(=O)n1cnnc1C1CC1. The minimum Gasteiger partial charge on any atom is -0.461 e. The molecule has 0 bridgehead atoms. The van der Waals surface area contributed by atoms with Crippen molar-refractivity contribution in [1.29, 1.82) is 5.26 Å². The Morgan fingerprint density at radius 2 is 2.04 bits per heavy atom. The summed E-state index contributed by atoms with van der Waals surface area (Å²) in [6.45, 7) is 4.19. The molecular formula is C36H34ClF3N10O2S. The standard InChI is InChI=1S/C36H34ClF3N10O2S/c1-18-14-47(9-10-49(18)35(51)50-17-43-46-32(50)19-3-4-19)33-22-11-24(37)27(21-5-6-25(39)30-26(21)23(13-41)31(42)53-30)28(40)29(22)44-34(45-33)52-16-36-7-2-8-48(36)15-20(38)12-36/h5-6,11,17-20H,2-4,7-10,12,14-16,42H2,1H3/t18?,20-,36+/m1/s1. The van der Waals surface area contributed by atoms with Crippen LogP contribution in [0.4, 0.5) is 28.8 Å². The average Bonchev–Trinajstić information content (AvgIpc) is 3.41. The van der Waals surface area contributed by atoms with Gasteiger partial charge in [-0.25, -0.2) is 22.5 Å². The van der Waals surface area contributed by atoms with Crippen molar-refractivity contribution in [3.8, 4) is 23.2 Å². The number of carbonyl (C=O) groups excluding carboxylic acids is 1. The number of piperazine rings is 1. The summed E-state index contributed by atoms with van der Waals surface area (Å²) in [4.78, 5) is 28.9. The molecule has 12 nitrogen and oxygen atoms in total. The van der Waals surface area contributed by atoms with Crippen LogP contribution in [-0.2, 0) is 0 Å². The molecule has 4 aliphatic rings. The van der Waals surface area contributed by atoms with E-state index in [1.807, 2.05) is 17.9 Å². The number of nitrogen functional groups attached to an aromatic ring is 1. The Balaban J connectivity index is 1.13. The van der Waals surface area contributed by atoms with E-state index in [-0.39, 0.29) is 72.9 Å². The van der Waals surface area contributed by atoms with Gasteiger partial charge in [-0.3, -0.25) is 4.90 Å². The quantitative estimate of drug-likeness (QED) is 0.204. The topological polar surface area (TPSA) is 142 Å². The van der Waals surface area contributed by atoms with E-state index in [9.17, 15) is 18.8 Å². The number of thiophene rings is 1. The maximum Gasteiger partial charge on any atom is 0.331 e. The zero-order valence-electron chi connectivity index (χ0n) is 28.7. The first-order valence-corrected chi connectivity index (χ1v) is 18.8. The molecule has 6 heterocycles. The summed E-state index contributed by atoms with van der Waals surface area (Å²) in [5.41, 5.74) is 5.64. The highest BCUT2D eigenvalue weighted by molar-refractivity contribution is 7.23. The molecule has 3 saturated heterocycles. The average molecular weight is 763 g/mol. The lowest BCUT2D eigenvalue weighted by Crippen LogP contribution is -2.55. The fourth-order valence-electron chi connectivity index (χ4n) is 8.45. The molecule has 53 heavy (non-hydrogen) atoms. The van der Waals surface area contributed by atoms with Crippen molar-refractivity contribution >= 4 is 60.8 Å². The lowest BCUT2D eigenvalue weighted by atomic mass is 9.95. The molecule has 274 valence electrons. The van der Waals surface area contributed by atoms with E-state index in [2.05, 4.69) is 20.1 Å². The van der Waals surface area contributed by atoms with E-state index in [1.165, 1.54) is 23.0 Å². The number of anilines is 2. The van der Waals surface area contributed by atoms with Crippen LogP contribution in [0.3, 0.4) is 0 Å². The number of nitrogens with two attached hydrogens (primary N) is 1. The Morgan fingerprint density at radius 1 is 1.21 bits per heavy atom. The van der Waals surface area contributed by atoms with Gasteiger partial charge in [-0.1, -0.05) is 17.7 Å². The van der Waals surface area contributed by atoms with Crippen LogP contribution >= 0.6 is 22.9 Å². The number of benzene rings is 2. The number of fused-ring (bicyclic) bond motifs is 3. The molecule has 3 aliphatic heterocycles. The Labute approximate surface area is 310 Å². The highest BCUT2D eigenvalue weighted by atomic mass is 35.5. The van der Waals surface area contributed by atoms with Crippen molar-refractivity contribution in [2.24, 2.45) is 0 Å².